The van der Waals surface area contributed by atoms with Crippen LogP contribution < -0.4 is 0 Å². The van der Waals surface area contributed by atoms with Gasteiger partial charge in [0.05, 0.1) is 6.10 Å². The van der Waals surface area contributed by atoms with E-state index >= 15 is 0 Å². The van der Waals surface area contributed by atoms with Crippen molar-refractivity contribution < 1.29 is 15.0 Å². The molecule has 66 valence electrons. The van der Waals surface area contributed by atoms with Gasteiger partial charge in [-0.2, -0.15) is 0 Å². The standard InChI is InChI=1S/C6H13NO4/c1-3-4-6(5(2)8)11-7(9)10/h5-6,8H,3-4H2,1-2H3. The Morgan fingerprint density at radius 3 is 2.55 bits per heavy atom. The van der Waals surface area contributed by atoms with E-state index in [4.69, 9.17) is 5.11 Å². The minimum Gasteiger partial charge on any atom is -0.391 e. The van der Waals surface area contributed by atoms with E-state index in [1.165, 1.54) is 6.92 Å². The van der Waals surface area contributed by atoms with Crippen LogP contribution in [0, 0.1) is 10.1 Å². The number of hydrogen-bond donors (Lipinski definition) is 1. The van der Waals surface area contributed by atoms with Crippen LogP contribution in [0.15, 0.2) is 0 Å². The Balaban J connectivity index is 3.79. The molecular formula is C6H13NO4. The lowest BCUT2D eigenvalue weighted by atomic mass is 10.1. The number of aliphatic hydroxyl groups is 1. The van der Waals surface area contributed by atoms with Gasteiger partial charge in [0.1, 0.15) is 6.10 Å². The van der Waals surface area contributed by atoms with E-state index in [1.54, 1.807) is 0 Å². The van der Waals surface area contributed by atoms with Crippen molar-refractivity contribution in [1.29, 1.82) is 0 Å². The normalized spacial score (nSPS) is 15.5. The molecule has 0 saturated carbocycles. The molecule has 5 heteroatoms. The zero-order valence-electron chi connectivity index (χ0n) is 6.69. The van der Waals surface area contributed by atoms with Crippen LogP contribution in [0.4, 0.5) is 0 Å². The van der Waals surface area contributed by atoms with Crippen LogP contribution >= 0.6 is 0 Å². The summed E-state index contributed by atoms with van der Waals surface area (Å²) in [5.41, 5.74) is 0. The Kier molecular flexibility index (Phi) is 4.52. The molecule has 0 aliphatic heterocycles. The van der Waals surface area contributed by atoms with Gasteiger partial charge in [-0.1, -0.05) is 13.3 Å². The fraction of sp³-hybridized carbons (Fsp3) is 1.00. The molecule has 0 spiro atoms. The molecule has 0 aromatic rings. The minimum atomic E-state index is -0.868. The van der Waals surface area contributed by atoms with Crippen LogP contribution in [0.3, 0.4) is 0 Å². The molecule has 5 nitrogen and oxygen atoms in total. The van der Waals surface area contributed by atoms with Crippen LogP contribution in [0.5, 0.6) is 0 Å². The maximum atomic E-state index is 9.86. The quantitative estimate of drug-likeness (QED) is 0.479. The smallest absolute Gasteiger partial charge is 0.294 e. The van der Waals surface area contributed by atoms with Crippen molar-refractivity contribution in [3.8, 4) is 0 Å². The molecular weight excluding hydrogens is 150 g/mol. The summed E-state index contributed by atoms with van der Waals surface area (Å²) in [6.45, 7) is 3.35. The second-order valence-electron chi connectivity index (χ2n) is 2.40. The fourth-order valence-electron chi connectivity index (χ4n) is 0.777. The van der Waals surface area contributed by atoms with Gasteiger partial charge in [0.25, 0.3) is 5.09 Å². The molecule has 11 heavy (non-hydrogen) atoms. The van der Waals surface area contributed by atoms with E-state index < -0.39 is 17.3 Å². The molecule has 0 rings (SSSR count). The van der Waals surface area contributed by atoms with E-state index in [9.17, 15) is 10.1 Å². The number of aliphatic hydroxyl groups excluding tert-OH is 1. The Hall–Kier alpha value is -0.840. The van der Waals surface area contributed by atoms with E-state index in [2.05, 4.69) is 4.84 Å². The van der Waals surface area contributed by atoms with Gasteiger partial charge >= 0.3 is 0 Å². The van der Waals surface area contributed by atoms with E-state index in [1.807, 2.05) is 6.92 Å². The lowest BCUT2D eigenvalue weighted by molar-refractivity contribution is -0.770. The first kappa shape index (κ1) is 10.2. The van der Waals surface area contributed by atoms with E-state index in [0.29, 0.717) is 6.42 Å². The first-order valence-corrected chi connectivity index (χ1v) is 3.57. The highest BCUT2D eigenvalue weighted by molar-refractivity contribution is 4.61. The van der Waals surface area contributed by atoms with Gasteiger partial charge in [-0.05, 0) is 13.3 Å². The Morgan fingerprint density at radius 1 is 1.73 bits per heavy atom. The van der Waals surface area contributed by atoms with Crippen molar-refractivity contribution in [3.05, 3.63) is 10.1 Å². The monoisotopic (exact) mass is 163 g/mol. The van der Waals surface area contributed by atoms with Gasteiger partial charge in [-0.15, -0.1) is 10.1 Å². The third-order valence-corrected chi connectivity index (χ3v) is 1.33. The SMILES string of the molecule is CCCC(O[N+](=O)[O-])C(C)O. The molecule has 0 bridgehead atoms. The van der Waals surface area contributed by atoms with Crippen molar-refractivity contribution in [2.24, 2.45) is 0 Å². The van der Waals surface area contributed by atoms with Crippen molar-refractivity contribution in [2.75, 3.05) is 0 Å². The second kappa shape index (κ2) is 4.90. The van der Waals surface area contributed by atoms with Crippen molar-refractivity contribution in [2.45, 2.75) is 38.9 Å². The maximum absolute atomic E-state index is 9.86. The Labute approximate surface area is 65.1 Å². The first-order chi connectivity index (χ1) is 5.07. The van der Waals surface area contributed by atoms with Crippen LogP contribution in [0.1, 0.15) is 26.7 Å². The molecule has 0 aromatic carbocycles. The summed E-state index contributed by atoms with van der Waals surface area (Å²) in [4.78, 5) is 14.1. The third-order valence-electron chi connectivity index (χ3n) is 1.33. The van der Waals surface area contributed by atoms with Crippen LogP contribution in [-0.4, -0.2) is 22.4 Å². The number of hydrogen-bond acceptors (Lipinski definition) is 4. The van der Waals surface area contributed by atoms with Gasteiger partial charge in [-0.3, -0.25) is 0 Å². The fourth-order valence-corrected chi connectivity index (χ4v) is 0.777. The van der Waals surface area contributed by atoms with Crippen molar-refractivity contribution in [1.82, 2.24) is 0 Å². The molecule has 2 atom stereocenters. The van der Waals surface area contributed by atoms with Crippen LogP contribution in [0.2, 0.25) is 0 Å². The van der Waals surface area contributed by atoms with Crippen LogP contribution in [-0.2, 0) is 4.84 Å². The lowest BCUT2D eigenvalue weighted by Gasteiger charge is -2.15. The summed E-state index contributed by atoms with van der Waals surface area (Å²) in [5.74, 6) is 0. The van der Waals surface area contributed by atoms with Crippen LogP contribution in [0.25, 0.3) is 0 Å². The summed E-state index contributed by atoms with van der Waals surface area (Å²) in [6.07, 6.45) is -0.224. The summed E-state index contributed by atoms with van der Waals surface area (Å²) in [6, 6.07) is 0. The highest BCUT2D eigenvalue weighted by Gasteiger charge is 2.17. The molecule has 0 radical (unpaired) electrons. The molecule has 0 aromatic heterocycles. The molecule has 0 saturated heterocycles. The van der Waals surface area contributed by atoms with Gasteiger partial charge < -0.3 is 9.94 Å². The zero-order valence-corrected chi connectivity index (χ0v) is 6.69. The van der Waals surface area contributed by atoms with E-state index in [0.717, 1.165) is 6.42 Å². The molecule has 0 aliphatic carbocycles. The Morgan fingerprint density at radius 2 is 2.27 bits per heavy atom. The van der Waals surface area contributed by atoms with Gasteiger partial charge in [0, 0.05) is 0 Å². The first-order valence-electron chi connectivity index (χ1n) is 3.57. The minimum absolute atomic E-state index is 0.499. The molecule has 1 N–H and O–H groups in total. The zero-order chi connectivity index (χ0) is 8.85. The molecule has 0 fully saturated rings. The van der Waals surface area contributed by atoms with Gasteiger partial charge in [0.2, 0.25) is 0 Å². The third kappa shape index (κ3) is 4.55. The highest BCUT2D eigenvalue weighted by Crippen LogP contribution is 2.06. The second-order valence-corrected chi connectivity index (χ2v) is 2.40. The largest absolute Gasteiger partial charge is 0.391 e. The van der Waals surface area contributed by atoms with E-state index in [-0.39, 0.29) is 0 Å². The summed E-state index contributed by atoms with van der Waals surface area (Å²) >= 11 is 0. The maximum Gasteiger partial charge on any atom is 0.294 e. The Bertz CT molecular complexity index is 126. The summed E-state index contributed by atoms with van der Waals surface area (Å²) in [7, 11) is 0. The predicted molar refractivity (Wildman–Crippen MR) is 38.5 cm³/mol. The van der Waals surface area contributed by atoms with Gasteiger partial charge in [-0.25, -0.2) is 0 Å². The van der Waals surface area contributed by atoms with Gasteiger partial charge in [0.15, 0.2) is 0 Å². The van der Waals surface area contributed by atoms with Crippen molar-refractivity contribution in [3.63, 3.8) is 0 Å². The lowest BCUT2D eigenvalue weighted by Crippen LogP contribution is -2.28. The highest BCUT2D eigenvalue weighted by atomic mass is 17.0. The average Bonchev–Trinajstić information content (AvgIpc) is 1.86. The number of rotatable bonds is 5. The summed E-state index contributed by atoms with van der Waals surface area (Å²) < 4.78 is 0. The number of nitrogens with zero attached hydrogens (tertiary/aromatic N) is 1. The molecule has 0 amide bonds. The molecule has 0 aliphatic rings. The van der Waals surface area contributed by atoms with Crippen molar-refractivity contribution >= 4 is 0 Å². The molecule has 0 heterocycles. The molecule has 2 unspecified atom stereocenters. The predicted octanol–water partition coefficient (Wildman–Crippen LogP) is 0.744. The topological polar surface area (TPSA) is 72.6 Å². The summed E-state index contributed by atoms with van der Waals surface area (Å²) in [5, 5.41) is 18.0. The average molecular weight is 163 g/mol.